The molecule has 0 fully saturated rings. The Hall–Kier alpha value is -1.36. The lowest BCUT2D eigenvalue weighted by molar-refractivity contribution is 1.08. The van der Waals surface area contributed by atoms with E-state index in [0.717, 1.165) is 21.7 Å². The molecule has 0 bridgehead atoms. The number of rotatable bonds is 1. The maximum absolute atomic E-state index is 5.61. The zero-order valence-corrected chi connectivity index (χ0v) is 9.72. The summed E-state index contributed by atoms with van der Waals surface area (Å²) < 4.78 is 0. The minimum atomic E-state index is 0.280. The molecule has 0 radical (unpaired) electrons. The molecular formula is C10H12N4S. The molecule has 0 amide bonds. The van der Waals surface area contributed by atoms with Gasteiger partial charge in [0.25, 0.3) is 0 Å². The van der Waals surface area contributed by atoms with Gasteiger partial charge >= 0.3 is 0 Å². The highest BCUT2D eigenvalue weighted by atomic mass is 32.2. The summed E-state index contributed by atoms with van der Waals surface area (Å²) >= 11 is 1.56. The van der Waals surface area contributed by atoms with E-state index in [9.17, 15) is 0 Å². The number of anilines is 1. The van der Waals surface area contributed by atoms with Gasteiger partial charge in [-0.2, -0.15) is 4.98 Å². The van der Waals surface area contributed by atoms with E-state index in [2.05, 4.69) is 21.0 Å². The van der Waals surface area contributed by atoms with Crippen LogP contribution in [0.4, 0.5) is 5.95 Å². The Morgan fingerprint density at radius 1 is 1.20 bits per heavy atom. The first-order valence-corrected chi connectivity index (χ1v) is 5.79. The third-order valence-corrected chi connectivity index (χ3v) is 3.00. The predicted octanol–water partition coefficient (Wildman–Crippen LogP) is 1.95. The van der Waals surface area contributed by atoms with Gasteiger partial charge in [-0.1, -0.05) is 0 Å². The molecule has 0 aromatic carbocycles. The molecule has 2 N–H and O–H groups in total. The van der Waals surface area contributed by atoms with Gasteiger partial charge in [-0.25, -0.2) is 9.97 Å². The summed E-state index contributed by atoms with van der Waals surface area (Å²) in [6.07, 6.45) is 1.97. The summed E-state index contributed by atoms with van der Waals surface area (Å²) in [5, 5.41) is 1.85. The second-order valence-corrected chi connectivity index (χ2v) is 4.15. The van der Waals surface area contributed by atoms with Crippen molar-refractivity contribution in [3.05, 3.63) is 17.3 Å². The van der Waals surface area contributed by atoms with Crippen molar-refractivity contribution in [2.24, 2.45) is 0 Å². The Kier molecular flexibility index (Phi) is 2.48. The first-order valence-electron chi connectivity index (χ1n) is 4.57. The lowest BCUT2D eigenvalue weighted by Gasteiger charge is -2.06. The highest BCUT2D eigenvalue weighted by molar-refractivity contribution is 7.98. The van der Waals surface area contributed by atoms with Crippen molar-refractivity contribution >= 4 is 28.7 Å². The third kappa shape index (κ3) is 1.74. The van der Waals surface area contributed by atoms with Crippen LogP contribution < -0.4 is 5.73 Å². The summed E-state index contributed by atoms with van der Waals surface area (Å²) in [6.45, 7) is 3.99. The van der Waals surface area contributed by atoms with Crippen LogP contribution >= 0.6 is 11.8 Å². The fourth-order valence-corrected chi connectivity index (χ4v) is 1.94. The topological polar surface area (TPSA) is 64.7 Å². The van der Waals surface area contributed by atoms with Crippen LogP contribution in [-0.2, 0) is 0 Å². The number of aromatic nitrogens is 3. The number of nitrogens with two attached hydrogens (primary N) is 1. The number of aryl methyl sites for hydroxylation is 2. The molecule has 0 saturated heterocycles. The second-order valence-electron chi connectivity index (χ2n) is 3.35. The molecule has 15 heavy (non-hydrogen) atoms. The molecule has 0 aliphatic rings. The van der Waals surface area contributed by atoms with E-state index in [4.69, 9.17) is 5.73 Å². The maximum Gasteiger partial charge on any atom is 0.223 e. The summed E-state index contributed by atoms with van der Waals surface area (Å²) in [4.78, 5) is 12.7. The molecule has 4 nitrogen and oxygen atoms in total. The number of fused-ring (bicyclic) bond motifs is 1. The number of hydrogen-bond donors (Lipinski definition) is 1. The molecule has 0 aliphatic heterocycles. The van der Waals surface area contributed by atoms with Crippen LogP contribution in [0.1, 0.15) is 11.3 Å². The standard InChI is InChI=1S/C10H12N4S/c1-5-4-7-8(12-6(5)2)13-10(11)14-9(7)15-3/h4H,1-3H3,(H2,11,12,13,14). The van der Waals surface area contributed by atoms with Gasteiger partial charge in [0, 0.05) is 5.69 Å². The molecule has 2 rings (SSSR count). The fraction of sp³-hybridized carbons (Fsp3) is 0.300. The lowest BCUT2D eigenvalue weighted by atomic mass is 10.2. The van der Waals surface area contributed by atoms with E-state index in [1.54, 1.807) is 11.8 Å². The number of nitrogens with zero attached hydrogens (tertiary/aromatic N) is 3. The molecule has 0 aliphatic carbocycles. The Morgan fingerprint density at radius 2 is 1.93 bits per heavy atom. The fourth-order valence-electron chi connectivity index (χ4n) is 1.39. The Labute approximate surface area is 92.3 Å². The minimum absolute atomic E-state index is 0.280. The quantitative estimate of drug-likeness (QED) is 0.587. The molecule has 0 saturated carbocycles. The van der Waals surface area contributed by atoms with Gasteiger partial charge in [0.1, 0.15) is 5.03 Å². The largest absolute Gasteiger partial charge is 0.368 e. The first kappa shape index (κ1) is 10.2. The summed E-state index contributed by atoms with van der Waals surface area (Å²) in [5.74, 6) is 0.280. The Morgan fingerprint density at radius 3 is 2.60 bits per heavy atom. The van der Waals surface area contributed by atoms with Crippen LogP contribution in [0, 0.1) is 13.8 Å². The van der Waals surface area contributed by atoms with Gasteiger partial charge in [-0.15, -0.1) is 11.8 Å². The SMILES string of the molecule is CSc1nc(N)nc2nc(C)c(C)cc12. The van der Waals surface area contributed by atoms with Crippen molar-refractivity contribution in [3.63, 3.8) is 0 Å². The monoisotopic (exact) mass is 220 g/mol. The lowest BCUT2D eigenvalue weighted by Crippen LogP contribution is -2.00. The van der Waals surface area contributed by atoms with Crippen LogP contribution in [0.5, 0.6) is 0 Å². The van der Waals surface area contributed by atoms with E-state index in [1.165, 1.54) is 0 Å². The number of hydrogen-bond acceptors (Lipinski definition) is 5. The highest BCUT2D eigenvalue weighted by Crippen LogP contribution is 2.24. The van der Waals surface area contributed by atoms with Crippen molar-refractivity contribution in [1.82, 2.24) is 15.0 Å². The van der Waals surface area contributed by atoms with E-state index in [-0.39, 0.29) is 5.95 Å². The third-order valence-electron chi connectivity index (χ3n) is 2.31. The van der Waals surface area contributed by atoms with Gasteiger partial charge in [0.05, 0.1) is 5.39 Å². The van der Waals surface area contributed by atoms with Gasteiger partial charge in [0.15, 0.2) is 5.65 Å². The average Bonchev–Trinajstić information content (AvgIpc) is 2.19. The molecule has 0 atom stereocenters. The summed E-state index contributed by atoms with van der Waals surface area (Å²) in [5.41, 5.74) is 8.41. The Bertz CT molecular complexity index is 524. The maximum atomic E-state index is 5.61. The first-order chi connectivity index (χ1) is 7.11. The molecule has 5 heteroatoms. The van der Waals surface area contributed by atoms with Gasteiger partial charge in [-0.05, 0) is 31.7 Å². The average molecular weight is 220 g/mol. The number of nitrogen functional groups attached to an aromatic ring is 1. The summed E-state index contributed by atoms with van der Waals surface area (Å²) in [6, 6.07) is 2.06. The van der Waals surface area contributed by atoms with Crippen LogP contribution in [0.25, 0.3) is 11.0 Å². The van der Waals surface area contributed by atoms with Crippen LogP contribution in [0.3, 0.4) is 0 Å². The molecule has 2 heterocycles. The number of pyridine rings is 1. The molecule has 2 aromatic rings. The van der Waals surface area contributed by atoms with Crippen molar-refractivity contribution in [3.8, 4) is 0 Å². The van der Waals surface area contributed by atoms with E-state index >= 15 is 0 Å². The van der Waals surface area contributed by atoms with Crippen LogP contribution in [0.15, 0.2) is 11.1 Å². The zero-order chi connectivity index (χ0) is 11.0. The highest BCUT2D eigenvalue weighted by Gasteiger charge is 2.08. The molecule has 0 unspecified atom stereocenters. The van der Waals surface area contributed by atoms with Crippen LogP contribution in [-0.4, -0.2) is 21.2 Å². The van der Waals surface area contributed by atoms with Crippen molar-refractivity contribution in [1.29, 1.82) is 0 Å². The molecule has 2 aromatic heterocycles. The molecule has 78 valence electrons. The van der Waals surface area contributed by atoms with E-state index < -0.39 is 0 Å². The van der Waals surface area contributed by atoms with Crippen molar-refractivity contribution < 1.29 is 0 Å². The summed E-state index contributed by atoms with van der Waals surface area (Å²) in [7, 11) is 0. The zero-order valence-electron chi connectivity index (χ0n) is 8.90. The predicted molar refractivity (Wildman–Crippen MR) is 63.0 cm³/mol. The minimum Gasteiger partial charge on any atom is -0.368 e. The van der Waals surface area contributed by atoms with Gasteiger partial charge < -0.3 is 5.73 Å². The number of thioether (sulfide) groups is 1. The molecule has 0 spiro atoms. The van der Waals surface area contributed by atoms with Crippen molar-refractivity contribution in [2.45, 2.75) is 18.9 Å². The van der Waals surface area contributed by atoms with E-state index in [1.807, 2.05) is 20.1 Å². The smallest absolute Gasteiger partial charge is 0.223 e. The Balaban J connectivity index is 2.84. The molecular weight excluding hydrogens is 208 g/mol. The van der Waals surface area contributed by atoms with Gasteiger partial charge in [0.2, 0.25) is 5.95 Å². The van der Waals surface area contributed by atoms with Crippen LogP contribution in [0.2, 0.25) is 0 Å². The van der Waals surface area contributed by atoms with E-state index in [0.29, 0.717) is 5.65 Å². The second kappa shape index (κ2) is 3.66. The normalized spacial score (nSPS) is 10.9. The van der Waals surface area contributed by atoms with Crippen molar-refractivity contribution in [2.75, 3.05) is 12.0 Å². The van der Waals surface area contributed by atoms with Gasteiger partial charge in [-0.3, -0.25) is 0 Å².